The van der Waals surface area contributed by atoms with Crippen LogP contribution in [0.25, 0.3) is 0 Å². The van der Waals surface area contributed by atoms with E-state index in [1.54, 1.807) is 18.2 Å². The van der Waals surface area contributed by atoms with E-state index in [1.807, 2.05) is 6.07 Å². The van der Waals surface area contributed by atoms with Crippen molar-refractivity contribution >= 4 is 15.7 Å². The van der Waals surface area contributed by atoms with E-state index in [0.29, 0.717) is 12.8 Å². The van der Waals surface area contributed by atoms with Crippen LogP contribution in [0.2, 0.25) is 0 Å². The van der Waals surface area contributed by atoms with E-state index < -0.39 is 51.0 Å². The summed E-state index contributed by atoms with van der Waals surface area (Å²) in [5, 5.41) is 13.8. The first-order valence-corrected chi connectivity index (χ1v) is 11.6. The van der Waals surface area contributed by atoms with Gasteiger partial charge in [0.1, 0.15) is 17.6 Å². The first-order valence-electron chi connectivity index (χ1n) is 9.75. The Balaban J connectivity index is 1.87. The van der Waals surface area contributed by atoms with Crippen LogP contribution in [0, 0.1) is 11.3 Å². The number of aromatic nitrogens is 1. The van der Waals surface area contributed by atoms with E-state index in [4.69, 9.17) is 0 Å². The number of alkyl halides is 3. The molecule has 2 N–H and O–H groups in total. The summed E-state index contributed by atoms with van der Waals surface area (Å²) in [5.41, 5.74) is -1.12. The van der Waals surface area contributed by atoms with Crippen LogP contribution >= 0.6 is 0 Å². The first-order chi connectivity index (χ1) is 15.0. The van der Waals surface area contributed by atoms with Gasteiger partial charge in [-0.2, -0.15) is 18.4 Å². The fraction of sp³-hybridized carbons (Fsp3) is 0.381. The molecule has 0 radical (unpaired) electrons. The molecule has 1 saturated carbocycles. The van der Waals surface area contributed by atoms with Crippen LogP contribution < -0.4 is 10.6 Å². The minimum Gasteiger partial charge on any atom is -0.336 e. The van der Waals surface area contributed by atoms with Crippen molar-refractivity contribution in [3.63, 3.8) is 0 Å². The Labute approximate surface area is 183 Å². The van der Waals surface area contributed by atoms with Gasteiger partial charge in [-0.25, -0.2) is 8.42 Å². The van der Waals surface area contributed by atoms with Gasteiger partial charge < -0.3 is 5.32 Å². The highest BCUT2D eigenvalue weighted by molar-refractivity contribution is 7.90. The third-order valence-corrected chi connectivity index (χ3v) is 6.56. The standard InChI is InChI=1S/C21H21F3N4O3S/c22-21(23,24)18(15-6-2-1-3-7-15)27-17(19(29)28-20(14-25)9-10-20)13-32(30,31)12-16-8-4-5-11-26-16/h1-8,11,17-18,27H,9-10,12-13H2,(H,28,29)/t17?,18-/m1/s1. The second kappa shape index (κ2) is 9.26. The molecule has 1 amide bonds. The van der Waals surface area contributed by atoms with Crippen LogP contribution in [0.5, 0.6) is 0 Å². The maximum absolute atomic E-state index is 13.8. The number of carbonyl (C=O) groups is 1. The van der Waals surface area contributed by atoms with Crippen LogP contribution in [-0.4, -0.2) is 42.8 Å². The molecule has 1 aromatic heterocycles. The number of hydrogen-bond acceptors (Lipinski definition) is 6. The summed E-state index contributed by atoms with van der Waals surface area (Å²) in [5.74, 6) is -2.40. The molecule has 1 aliphatic rings. The molecule has 11 heteroatoms. The van der Waals surface area contributed by atoms with Gasteiger partial charge in [0.05, 0.1) is 23.3 Å². The average molecular weight is 466 g/mol. The number of nitrogens with one attached hydrogen (secondary N) is 2. The summed E-state index contributed by atoms with van der Waals surface area (Å²) in [6, 6.07) is 9.40. The van der Waals surface area contributed by atoms with E-state index in [-0.39, 0.29) is 11.3 Å². The predicted molar refractivity (Wildman–Crippen MR) is 110 cm³/mol. The number of benzene rings is 1. The zero-order valence-corrected chi connectivity index (χ0v) is 17.7. The third-order valence-electron chi connectivity index (χ3n) is 4.99. The molecule has 2 aromatic rings. The number of hydrogen-bond donors (Lipinski definition) is 2. The number of nitriles is 1. The van der Waals surface area contributed by atoms with Crippen LogP contribution in [0.1, 0.15) is 30.1 Å². The van der Waals surface area contributed by atoms with E-state index in [2.05, 4.69) is 15.6 Å². The van der Waals surface area contributed by atoms with Crippen molar-refractivity contribution in [3.8, 4) is 6.07 Å². The van der Waals surface area contributed by atoms with Gasteiger partial charge in [-0.15, -0.1) is 0 Å². The number of halogens is 3. The van der Waals surface area contributed by atoms with Crippen molar-refractivity contribution in [2.45, 2.75) is 42.4 Å². The quantitative estimate of drug-likeness (QED) is 0.587. The lowest BCUT2D eigenvalue weighted by Gasteiger charge is -2.28. The largest absolute Gasteiger partial charge is 0.407 e. The van der Waals surface area contributed by atoms with Gasteiger partial charge in [0, 0.05) is 6.20 Å². The second-order valence-electron chi connectivity index (χ2n) is 7.66. The zero-order chi connectivity index (χ0) is 23.4. The SMILES string of the molecule is N#CC1(NC(=O)C(CS(=O)(=O)Cc2ccccn2)N[C@H](c2ccccc2)C(F)(F)F)CC1. The Morgan fingerprint density at radius 1 is 1.16 bits per heavy atom. The highest BCUT2D eigenvalue weighted by atomic mass is 32.2. The van der Waals surface area contributed by atoms with Crippen molar-refractivity contribution in [3.05, 3.63) is 66.0 Å². The maximum Gasteiger partial charge on any atom is 0.407 e. The fourth-order valence-corrected chi connectivity index (χ4v) is 4.65. The Bertz CT molecular complexity index is 1080. The minimum atomic E-state index is -4.79. The van der Waals surface area contributed by atoms with E-state index >= 15 is 0 Å². The minimum absolute atomic E-state index is 0.165. The molecule has 7 nitrogen and oxygen atoms in total. The molecule has 3 rings (SSSR count). The Kier molecular flexibility index (Phi) is 6.85. The van der Waals surface area contributed by atoms with Crippen LogP contribution in [-0.2, 0) is 20.4 Å². The summed E-state index contributed by atoms with van der Waals surface area (Å²) in [7, 11) is -4.03. The van der Waals surface area contributed by atoms with Crippen molar-refractivity contribution in [1.82, 2.24) is 15.6 Å². The lowest BCUT2D eigenvalue weighted by Crippen LogP contribution is -2.54. The molecule has 32 heavy (non-hydrogen) atoms. The molecule has 1 unspecified atom stereocenters. The van der Waals surface area contributed by atoms with Crippen LogP contribution in [0.15, 0.2) is 54.7 Å². The molecular weight excluding hydrogens is 445 g/mol. The van der Waals surface area contributed by atoms with Crippen molar-refractivity contribution in [2.75, 3.05) is 5.75 Å². The molecular formula is C21H21F3N4O3S. The van der Waals surface area contributed by atoms with Gasteiger partial charge in [0.25, 0.3) is 0 Å². The molecule has 0 aliphatic heterocycles. The smallest absolute Gasteiger partial charge is 0.336 e. The molecule has 0 bridgehead atoms. The van der Waals surface area contributed by atoms with Crippen molar-refractivity contribution in [2.24, 2.45) is 0 Å². The number of sulfone groups is 1. The van der Waals surface area contributed by atoms with Gasteiger partial charge in [-0.05, 0) is 30.5 Å². The number of nitrogens with zero attached hydrogens (tertiary/aromatic N) is 2. The molecule has 1 aliphatic carbocycles. The molecule has 0 saturated heterocycles. The summed E-state index contributed by atoms with van der Waals surface area (Å²) in [6.07, 6.45) is -2.70. The Morgan fingerprint density at radius 3 is 2.34 bits per heavy atom. The zero-order valence-electron chi connectivity index (χ0n) is 16.8. The summed E-state index contributed by atoms with van der Waals surface area (Å²) < 4.78 is 66.9. The van der Waals surface area contributed by atoms with E-state index in [0.717, 1.165) is 0 Å². The summed E-state index contributed by atoms with van der Waals surface area (Å²) in [4.78, 5) is 16.7. The molecule has 0 spiro atoms. The van der Waals surface area contributed by atoms with E-state index in [9.17, 15) is 31.6 Å². The normalized spacial score (nSPS) is 17.1. The maximum atomic E-state index is 13.8. The number of carbonyl (C=O) groups excluding carboxylic acids is 1. The monoisotopic (exact) mass is 466 g/mol. The fourth-order valence-electron chi connectivity index (χ4n) is 3.16. The average Bonchev–Trinajstić information content (AvgIpc) is 3.51. The predicted octanol–water partition coefficient (Wildman–Crippen LogP) is 2.43. The Morgan fingerprint density at radius 2 is 1.81 bits per heavy atom. The molecule has 1 fully saturated rings. The highest BCUT2D eigenvalue weighted by Gasteiger charge is 2.48. The second-order valence-corrected chi connectivity index (χ2v) is 9.77. The number of amides is 1. The van der Waals surface area contributed by atoms with Gasteiger partial charge >= 0.3 is 6.18 Å². The third kappa shape index (κ3) is 6.27. The van der Waals surface area contributed by atoms with Gasteiger partial charge in [0.15, 0.2) is 9.84 Å². The van der Waals surface area contributed by atoms with Crippen LogP contribution in [0.4, 0.5) is 13.2 Å². The van der Waals surface area contributed by atoms with Gasteiger partial charge in [0.2, 0.25) is 5.91 Å². The van der Waals surface area contributed by atoms with E-state index in [1.165, 1.54) is 36.5 Å². The number of rotatable bonds is 9. The lowest BCUT2D eigenvalue weighted by atomic mass is 10.1. The van der Waals surface area contributed by atoms with Gasteiger partial charge in [-0.1, -0.05) is 36.4 Å². The first kappa shape index (κ1) is 23.7. The number of pyridine rings is 1. The van der Waals surface area contributed by atoms with Crippen molar-refractivity contribution < 1.29 is 26.4 Å². The topological polar surface area (TPSA) is 112 Å². The lowest BCUT2D eigenvalue weighted by molar-refractivity contribution is -0.160. The summed E-state index contributed by atoms with van der Waals surface area (Å²) in [6.45, 7) is 0. The molecule has 1 heterocycles. The van der Waals surface area contributed by atoms with Crippen LogP contribution in [0.3, 0.4) is 0 Å². The summed E-state index contributed by atoms with van der Waals surface area (Å²) >= 11 is 0. The molecule has 170 valence electrons. The molecule has 1 aromatic carbocycles. The Hall–Kier alpha value is -2.97. The highest BCUT2D eigenvalue weighted by Crippen LogP contribution is 2.35. The molecule has 2 atom stereocenters. The van der Waals surface area contributed by atoms with Gasteiger partial charge in [-0.3, -0.25) is 15.1 Å². The van der Waals surface area contributed by atoms with Crippen molar-refractivity contribution in [1.29, 1.82) is 5.26 Å².